The lowest BCUT2D eigenvalue weighted by molar-refractivity contribution is -0.120. The molecule has 1 rings (SSSR count). The van der Waals surface area contributed by atoms with Gasteiger partial charge in [-0.15, -0.1) is 0 Å². The molecule has 92 valence electrons. The van der Waals surface area contributed by atoms with Gasteiger partial charge in [0, 0.05) is 18.7 Å². The predicted molar refractivity (Wildman–Crippen MR) is 67.7 cm³/mol. The average molecular weight is 234 g/mol. The fraction of sp³-hybridized carbons (Fsp3) is 0.385. The summed E-state index contributed by atoms with van der Waals surface area (Å²) in [6.07, 6.45) is 0.269. The van der Waals surface area contributed by atoms with E-state index in [4.69, 9.17) is 0 Å². The lowest BCUT2D eigenvalue weighted by Gasteiger charge is -2.12. The molecule has 0 heterocycles. The van der Waals surface area contributed by atoms with Crippen molar-refractivity contribution in [3.05, 3.63) is 29.8 Å². The van der Waals surface area contributed by atoms with Crippen LogP contribution >= 0.6 is 0 Å². The highest BCUT2D eigenvalue weighted by atomic mass is 16.2. The summed E-state index contributed by atoms with van der Waals surface area (Å²) in [5.74, 6) is -0.200. The predicted octanol–water partition coefficient (Wildman–Crippen LogP) is 1.57. The van der Waals surface area contributed by atoms with Crippen LogP contribution in [0.5, 0.6) is 0 Å². The first kappa shape index (κ1) is 13.2. The molecule has 0 aliphatic carbocycles. The Balaban J connectivity index is 2.84. The van der Waals surface area contributed by atoms with Crippen LogP contribution in [0.25, 0.3) is 0 Å². The van der Waals surface area contributed by atoms with Crippen molar-refractivity contribution in [1.29, 1.82) is 0 Å². The third kappa shape index (κ3) is 3.90. The molecule has 4 heteroatoms. The first-order valence-electron chi connectivity index (χ1n) is 5.64. The number of likely N-dealkylation sites (N-methyl/N-ethyl adjacent to an activating group) is 1. The standard InChI is InChI=1S/C13H18N2O2/c1-9(2)13(17)15-11-7-5-4-6-10(11)8-12(16)14-3/h4-7,9H,8H2,1-3H3,(H,14,16)(H,15,17). The van der Waals surface area contributed by atoms with Gasteiger partial charge < -0.3 is 10.6 Å². The number of benzene rings is 1. The molecule has 1 aromatic rings. The fourth-order valence-corrected chi connectivity index (χ4v) is 1.33. The van der Waals surface area contributed by atoms with Crippen molar-refractivity contribution in [2.75, 3.05) is 12.4 Å². The number of hydrogen-bond donors (Lipinski definition) is 2. The van der Waals surface area contributed by atoms with Crippen molar-refractivity contribution in [2.24, 2.45) is 5.92 Å². The normalized spacial score (nSPS) is 10.1. The minimum atomic E-state index is -0.0805. The van der Waals surface area contributed by atoms with Crippen LogP contribution in [0.4, 0.5) is 5.69 Å². The van der Waals surface area contributed by atoms with Crippen LogP contribution < -0.4 is 10.6 Å². The minimum Gasteiger partial charge on any atom is -0.359 e. The van der Waals surface area contributed by atoms with Gasteiger partial charge in [-0.1, -0.05) is 32.0 Å². The molecule has 0 fully saturated rings. The Morgan fingerprint density at radius 3 is 2.47 bits per heavy atom. The Bertz CT molecular complexity index is 414. The van der Waals surface area contributed by atoms with E-state index in [2.05, 4.69) is 10.6 Å². The number of hydrogen-bond acceptors (Lipinski definition) is 2. The first-order chi connectivity index (χ1) is 8.04. The van der Waals surface area contributed by atoms with Gasteiger partial charge in [-0.2, -0.15) is 0 Å². The van der Waals surface area contributed by atoms with E-state index < -0.39 is 0 Å². The molecule has 2 N–H and O–H groups in total. The van der Waals surface area contributed by atoms with Gasteiger partial charge in [0.1, 0.15) is 0 Å². The Labute approximate surface area is 101 Å². The van der Waals surface area contributed by atoms with Gasteiger partial charge in [0.05, 0.1) is 6.42 Å². The first-order valence-corrected chi connectivity index (χ1v) is 5.64. The Morgan fingerprint density at radius 2 is 1.88 bits per heavy atom. The van der Waals surface area contributed by atoms with Crippen molar-refractivity contribution >= 4 is 17.5 Å². The quantitative estimate of drug-likeness (QED) is 0.830. The number of amides is 2. The molecule has 2 amide bonds. The zero-order valence-electron chi connectivity index (χ0n) is 10.4. The Kier molecular flexibility index (Phi) is 4.69. The largest absolute Gasteiger partial charge is 0.359 e. The maximum atomic E-state index is 11.6. The molecule has 0 aliphatic rings. The van der Waals surface area contributed by atoms with Gasteiger partial charge >= 0.3 is 0 Å². The SMILES string of the molecule is CNC(=O)Cc1ccccc1NC(=O)C(C)C. The summed E-state index contributed by atoms with van der Waals surface area (Å²) in [4.78, 5) is 22.9. The monoisotopic (exact) mass is 234 g/mol. The summed E-state index contributed by atoms with van der Waals surface area (Å²) in [6, 6.07) is 7.33. The number of anilines is 1. The number of carbonyl (C=O) groups is 2. The molecule has 0 unspecified atom stereocenters. The zero-order chi connectivity index (χ0) is 12.8. The summed E-state index contributed by atoms with van der Waals surface area (Å²) < 4.78 is 0. The molecular weight excluding hydrogens is 216 g/mol. The molecule has 0 saturated heterocycles. The second-order valence-corrected chi connectivity index (χ2v) is 4.15. The van der Waals surface area contributed by atoms with Crippen molar-refractivity contribution in [3.8, 4) is 0 Å². The van der Waals surface area contributed by atoms with Crippen LogP contribution in [-0.2, 0) is 16.0 Å². The molecule has 0 saturated carbocycles. The Morgan fingerprint density at radius 1 is 1.24 bits per heavy atom. The van der Waals surface area contributed by atoms with E-state index in [9.17, 15) is 9.59 Å². The van der Waals surface area contributed by atoms with Crippen molar-refractivity contribution in [3.63, 3.8) is 0 Å². The summed E-state index contributed by atoms with van der Waals surface area (Å²) >= 11 is 0. The van der Waals surface area contributed by atoms with E-state index in [1.807, 2.05) is 32.0 Å². The Hall–Kier alpha value is -1.84. The van der Waals surface area contributed by atoms with Gasteiger partial charge in [0.15, 0.2) is 0 Å². The van der Waals surface area contributed by atoms with E-state index in [0.29, 0.717) is 5.69 Å². The molecule has 1 aromatic carbocycles. The maximum absolute atomic E-state index is 11.6. The third-order valence-corrected chi connectivity index (χ3v) is 2.43. The molecule has 0 aliphatic heterocycles. The van der Waals surface area contributed by atoms with Crippen LogP contribution in [0.3, 0.4) is 0 Å². The molecule has 17 heavy (non-hydrogen) atoms. The molecule has 4 nitrogen and oxygen atoms in total. The van der Waals surface area contributed by atoms with E-state index in [1.54, 1.807) is 13.1 Å². The molecule has 0 spiro atoms. The summed E-state index contributed by atoms with van der Waals surface area (Å²) in [5.41, 5.74) is 1.52. The van der Waals surface area contributed by atoms with Crippen LogP contribution in [0, 0.1) is 5.92 Å². The number of para-hydroxylation sites is 1. The number of carbonyl (C=O) groups excluding carboxylic acids is 2. The topological polar surface area (TPSA) is 58.2 Å². The van der Waals surface area contributed by atoms with Crippen LogP contribution in [-0.4, -0.2) is 18.9 Å². The summed E-state index contributed by atoms with van der Waals surface area (Å²) in [5, 5.41) is 5.39. The molecule has 0 aromatic heterocycles. The second kappa shape index (κ2) is 6.03. The highest BCUT2D eigenvalue weighted by Crippen LogP contribution is 2.16. The van der Waals surface area contributed by atoms with Crippen molar-refractivity contribution < 1.29 is 9.59 Å². The van der Waals surface area contributed by atoms with E-state index >= 15 is 0 Å². The summed E-state index contributed by atoms with van der Waals surface area (Å²) in [7, 11) is 1.59. The van der Waals surface area contributed by atoms with Gasteiger partial charge in [-0.25, -0.2) is 0 Å². The zero-order valence-corrected chi connectivity index (χ0v) is 10.4. The average Bonchev–Trinajstić information content (AvgIpc) is 2.31. The highest BCUT2D eigenvalue weighted by Gasteiger charge is 2.11. The van der Waals surface area contributed by atoms with Gasteiger partial charge in [0.2, 0.25) is 11.8 Å². The molecule has 0 atom stereocenters. The highest BCUT2D eigenvalue weighted by molar-refractivity contribution is 5.93. The van der Waals surface area contributed by atoms with Crippen molar-refractivity contribution in [2.45, 2.75) is 20.3 Å². The van der Waals surface area contributed by atoms with E-state index in [-0.39, 0.29) is 24.2 Å². The van der Waals surface area contributed by atoms with Crippen LogP contribution in [0.2, 0.25) is 0 Å². The number of rotatable bonds is 4. The van der Waals surface area contributed by atoms with Crippen molar-refractivity contribution in [1.82, 2.24) is 5.32 Å². The van der Waals surface area contributed by atoms with E-state index in [1.165, 1.54) is 0 Å². The number of nitrogens with one attached hydrogen (secondary N) is 2. The van der Waals surface area contributed by atoms with Crippen LogP contribution in [0.1, 0.15) is 19.4 Å². The molecular formula is C13H18N2O2. The fourth-order valence-electron chi connectivity index (χ4n) is 1.33. The summed E-state index contributed by atoms with van der Waals surface area (Å²) in [6.45, 7) is 3.66. The van der Waals surface area contributed by atoms with Gasteiger partial charge in [-0.3, -0.25) is 9.59 Å². The lowest BCUT2D eigenvalue weighted by atomic mass is 10.1. The van der Waals surface area contributed by atoms with Crippen LogP contribution in [0.15, 0.2) is 24.3 Å². The lowest BCUT2D eigenvalue weighted by Crippen LogP contribution is -2.22. The maximum Gasteiger partial charge on any atom is 0.226 e. The molecule has 0 bridgehead atoms. The van der Waals surface area contributed by atoms with Gasteiger partial charge in [-0.05, 0) is 11.6 Å². The minimum absolute atomic E-state index is 0.0469. The third-order valence-electron chi connectivity index (χ3n) is 2.43. The van der Waals surface area contributed by atoms with Gasteiger partial charge in [0.25, 0.3) is 0 Å². The van der Waals surface area contributed by atoms with E-state index in [0.717, 1.165) is 5.56 Å². The second-order valence-electron chi connectivity index (χ2n) is 4.15. The molecule has 0 radical (unpaired) electrons. The smallest absolute Gasteiger partial charge is 0.226 e.